The van der Waals surface area contributed by atoms with Gasteiger partial charge in [-0.1, -0.05) is 25.6 Å². The van der Waals surface area contributed by atoms with Crippen LogP contribution in [0.15, 0.2) is 17.8 Å². The smallest absolute Gasteiger partial charge is 0.257 e. The molecule has 2 heterocycles. The van der Waals surface area contributed by atoms with E-state index in [-0.39, 0.29) is 0 Å². The van der Waals surface area contributed by atoms with Crippen LogP contribution in [-0.2, 0) is 0 Å². The molecule has 0 aliphatic carbocycles. The van der Waals surface area contributed by atoms with Gasteiger partial charge in [0, 0.05) is 12.3 Å². The second-order valence-corrected chi connectivity index (χ2v) is 5.16. The highest BCUT2D eigenvalue weighted by molar-refractivity contribution is 7.99. The van der Waals surface area contributed by atoms with E-state index in [9.17, 15) is 0 Å². The molecule has 0 aliphatic heterocycles. The van der Waals surface area contributed by atoms with Crippen molar-refractivity contribution in [2.45, 2.75) is 19.0 Å². The second-order valence-electron chi connectivity index (χ2n) is 4.10. The van der Waals surface area contributed by atoms with Gasteiger partial charge in [-0.25, -0.2) is 10.8 Å². The molecule has 0 saturated heterocycles. The summed E-state index contributed by atoms with van der Waals surface area (Å²) >= 11 is 1.56. The summed E-state index contributed by atoms with van der Waals surface area (Å²) in [5.41, 5.74) is 2.44. The van der Waals surface area contributed by atoms with Crippen LogP contribution in [0, 0.1) is 0 Å². The third-order valence-electron chi connectivity index (χ3n) is 2.89. The third-order valence-corrected chi connectivity index (χ3v) is 3.72. The molecule has 9 nitrogen and oxygen atoms in total. The Kier molecular flexibility index (Phi) is 5.84. The molecule has 0 fully saturated rings. The summed E-state index contributed by atoms with van der Waals surface area (Å²) in [6.45, 7) is 7.35. The number of aromatic nitrogens is 6. The minimum Gasteiger partial charge on any atom is -0.303 e. The van der Waals surface area contributed by atoms with Crippen molar-refractivity contribution in [3.05, 3.63) is 12.7 Å². The van der Waals surface area contributed by atoms with Crippen molar-refractivity contribution in [3.8, 4) is 5.95 Å². The Labute approximate surface area is 127 Å². The first kappa shape index (κ1) is 15.6. The predicted octanol–water partition coefficient (Wildman–Crippen LogP) is 0.172. The molecule has 2 aromatic rings. The van der Waals surface area contributed by atoms with Crippen molar-refractivity contribution in [2.75, 3.05) is 30.8 Å². The van der Waals surface area contributed by atoms with E-state index in [0.29, 0.717) is 17.1 Å². The molecule has 2 aromatic heterocycles. The average molecular weight is 309 g/mol. The predicted molar refractivity (Wildman–Crippen MR) is 81.1 cm³/mol. The van der Waals surface area contributed by atoms with Gasteiger partial charge in [-0.15, -0.1) is 0 Å². The van der Waals surface area contributed by atoms with Gasteiger partial charge in [0.25, 0.3) is 5.95 Å². The largest absolute Gasteiger partial charge is 0.303 e. The van der Waals surface area contributed by atoms with Crippen molar-refractivity contribution in [3.63, 3.8) is 0 Å². The number of nitrogens with one attached hydrogen (secondary N) is 1. The summed E-state index contributed by atoms with van der Waals surface area (Å²) in [6.07, 6.45) is 2.95. The molecule has 0 saturated carbocycles. The van der Waals surface area contributed by atoms with Crippen molar-refractivity contribution < 1.29 is 0 Å². The lowest BCUT2D eigenvalue weighted by Gasteiger charge is -2.16. The first-order chi connectivity index (χ1) is 10.3. The van der Waals surface area contributed by atoms with Crippen LogP contribution in [0.1, 0.15) is 13.8 Å². The highest BCUT2D eigenvalue weighted by Crippen LogP contribution is 2.15. The zero-order valence-corrected chi connectivity index (χ0v) is 12.9. The lowest BCUT2D eigenvalue weighted by atomic mass is 10.5. The molecule has 0 spiro atoms. The highest BCUT2D eigenvalue weighted by Gasteiger charge is 2.09. The number of hydrogen-bond donors (Lipinski definition) is 2. The molecule has 0 unspecified atom stereocenters. The number of rotatable bonds is 8. The lowest BCUT2D eigenvalue weighted by Crippen LogP contribution is -2.25. The molecule has 0 bridgehead atoms. The Morgan fingerprint density at radius 3 is 2.71 bits per heavy atom. The molecule has 114 valence electrons. The number of thioether (sulfide) groups is 1. The molecule has 3 N–H and O–H groups in total. The van der Waals surface area contributed by atoms with E-state index in [2.05, 4.69) is 49.2 Å². The number of hydrazine groups is 1. The van der Waals surface area contributed by atoms with Gasteiger partial charge < -0.3 is 4.90 Å². The minimum absolute atomic E-state index is 0.306. The van der Waals surface area contributed by atoms with E-state index in [1.54, 1.807) is 11.8 Å². The molecule has 0 atom stereocenters. The van der Waals surface area contributed by atoms with Crippen LogP contribution in [0.4, 0.5) is 5.95 Å². The molecular weight excluding hydrogens is 290 g/mol. The number of anilines is 1. The van der Waals surface area contributed by atoms with E-state index in [1.165, 1.54) is 17.3 Å². The number of nitrogens with two attached hydrogens (primary N) is 1. The van der Waals surface area contributed by atoms with Gasteiger partial charge in [0.15, 0.2) is 5.16 Å². The van der Waals surface area contributed by atoms with Crippen LogP contribution in [0.3, 0.4) is 0 Å². The van der Waals surface area contributed by atoms with Gasteiger partial charge in [0.2, 0.25) is 5.95 Å². The summed E-state index contributed by atoms with van der Waals surface area (Å²) in [7, 11) is 0. The molecule has 21 heavy (non-hydrogen) atoms. The van der Waals surface area contributed by atoms with Crippen LogP contribution in [0.5, 0.6) is 0 Å². The molecular formula is C11H19N9S. The van der Waals surface area contributed by atoms with E-state index in [0.717, 1.165) is 25.4 Å². The van der Waals surface area contributed by atoms with Gasteiger partial charge in [-0.3, -0.25) is 5.43 Å². The first-order valence-corrected chi connectivity index (χ1v) is 7.68. The number of nitrogen functional groups attached to an aromatic ring is 1. The topological polar surface area (TPSA) is 111 Å². The molecule has 0 radical (unpaired) electrons. The quantitative estimate of drug-likeness (QED) is 0.400. The van der Waals surface area contributed by atoms with Gasteiger partial charge in [-0.2, -0.15) is 24.7 Å². The van der Waals surface area contributed by atoms with Crippen LogP contribution in [-0.4, -0.2) is 60.0 Å². The molecule has 2 rings (SSSR count). The van der Waals surface area contributed by atoms with Gasteiger partial charge in [-0.05, 0) is 13.1 Å². The Hall–Kier alpha value is -1.78. The summed E-state index contributed by atoms with van der Waals surface area (Å²) in [5.74, 6) is 6.99. The second kappa shape index (κ2) is 7.86. The fraction of sp³-hybridized carbons (Fsp3) is 0.545. The van der Waals surface area contributed by atoms with Crippen molar-refractivity contribution in [1.82, 2.24) is 34.6 Å². The maximum absolute atomic E-state index is 5.40. The fourth-order valence-corrected chi connectivity index (χ4v) is 2.52. The Morgan fingerprint density at radius 1 is 1.29 bits per heavy atom. The summed E-state index contributed by atoms with van der Waals surface area (Å²) in [6, 6.07) is 0. The maximum atomic E-state index is 5.40. The van der Waals surface area contributed by atoms with E-state index >= 15 is 0 Å². The fourth-order valence-electron chi connectivity index (χ4n) is 1.69. The van der Waals surface area contributed by atoms with Crippen molar-refractivity contribution in [2.24, 2.45) is 5.84 Å². The SMILES string of the molecule is CCN(CC)CCSc1nc(NN)nc(-n2cncn2)n1. The van der Waals surface area contributed by atoms with Crippen LogP contribution < -0.4 is 11.3 Å². The Bertz CT molecular complexity index is 541. The van der Waals surface area contributed by atoms with Crippen molar-refractivity contribution in [1.29, 1.82) is 0 Å². The summed E-state index contributed by atoms with van der Waals surface area (Å²) in [4.78, 5) is 19.0. The third kappa shape index (κ3) is 4.34. The number of hydrogen-bond acceptors (Lipinski definition) is 9. The van der Waals surface area contributed by atoms with Crippen LogP contribution >= 0.6 is 11.8 Å². The maximum Gasteiger partial charge on any atom is 0.257 e. The monoisotopic (exact) mass is 309 g/mol. The first-order valence-electron chi connectivity index (χ1n) is 6.69. The molecule has 0 amide bonds. The Morgan fingerprint density at radius 2 is 2.10 bits per heavy atom. The van der Waals surface area contributed by atoms with Crippen LogP contribution in [0.25, 0.3) is 5.95 Å². The van der Waals surface area contributed by atoms with E-state index < -0.39 is 0 Å². The highest BCUT2D eigenvalue weighted by atomic mass is 32.2. The normalized spacial score (nSPS) is 11.0. The Balaban J connectivity index is 2.07. The average Bonchev–Trinajstić information content (AvgIpc) is 3.05. The summed E-state index contributed by atoms with van der Waals surface area (Å²) < 4.78 is 1.47. The minimum atomic E-state index is 0.306. The van der Waals surface area contributed by atoms with Crippen molar-refractivity contribution >= 4 is 17.7 Å². The zero-order valence-electron chi connectivity index (χ0n) is 12.1. The van der Waals surface area contributed by atoms with Crippen LogP contribution in [0.2, 0.25) is 0 Å². The lowest BCUT2D eigenvalue weighted by molar-refractivity contribution is 0.324. The van der Waals surface area contributed by atoms with E-state index in [4.69, 9.17) is 5.84 Å². The van der Waals surface area contributed by atoms with E-state index in [1.807, 2.05) is 0 Å². The molecule has 10 heteroatoms. The molecule has 0 aromatic carbocycles. The standard InChI is InChI=1S/C11H19N9S/c1-3-19(4-2)5-6-21-11-16-9(18-12)15-10(17-11)20-8-13-7-14-20/h7-8H,3-6,12H2,1-2H3,(H,15,16,17,18). The molecule has 0 aliphatic rings. The van der Waals surface area contributed by atoms with Gasteiger partial charge >= 0.3 is 0 Å². The zero-order chi connectivity index (χ0) is 15.1. The van der Waals surface area contributed by atoms with Gasteiger partial charge in [0.1, 0.15) is 12.7 Å². The van der Waals surface area contributed by atoms with Gasteiger partial charge in [0.05, 0.1) is 0 Å². The number of nitrogens with zero attached hydrogens (tertiary/aromatic N) is 7. The summed E-state index contributed by atoms with van der Waals surface area (Å²) in [5, 5.41) is 4.61.